The van der Waals surface area contributed by atoms with Gasteiger partial charge < -0.3 is 15.4 Å². The largest absolute Gasteiger partial charge is 0.444 e. The van der Waals surface area contributed by atoms with Crippen LogP contribution >= 0.6 is 0 Å². The average Bonchev–Trinajstić information content (AvgIpc) is 2.77. The Morgan fingerprint density at radius 1 is 1.57 bits per heavy atom. The molecule has 0 bridgehead atoms. The van der Waals surface area contributed by atoms with E-state index in [0.29, 0.717) is 13.0 Å². The van der Waals surface area contributed by atoms with Gasteiger partial charge in [-0.2, -0.15) is 5.26 Å². The van der Waals surface area contributed by atoms with Gasteiger partial charge in [0.15, 0.2) is 0 Å². The number of carbonyl (C=O) groups is 2. The molecular formula is C16H20N4O3. The van der Waals surface area contributed by atoms with Crippen LogP contribution in [0.3, 0.4) is 0 Å². The fraction of sp³-hybridized carbons (Fsp3) is 0.500. The first-order valence-corrected chi connectivity index (χ1v) is 7.39. The maximum absolute atomic E-state index is 12.3. The number of carbonyl (C=O) groups excluding carboxylic acids is 2. The summed E-state index contributed by atoms with van der Waals surface area (Å²) in [7, 11) is 0. The number of amides is 2. The molecule has 1 fully saturated rings. The van der Waals surface area contributed by atoms with Gasteiger partial charge in [0.25, 0.3) is 0 Å². The quantitative estimate of drug-likeness (QED) is 0.874. The van der Waals surface area contributed by atoms with Crippen molar-refractivity contribution in [3.63, 3.8) is 0 Å². The Kier molecular flexibility index (Phi) is 4.55. The molecule has 0 spiro atoms. The minimum atomic E-state index is -1.07. The molecule has 0 radical (unpaired) electrons. The maximum atomic E-state index is 12.3. The summed E-state index contributed by atoms with van der Waals surface area (Å²) in [6.07, 6.45) is 1.61. The number of rotatable bonds is 3. The van der Waals surface area contributed by atoms with Gasteiger partial charge in [-0.05, 0) is 44.9 Å². The molecule has 1 saturated heterocycles. The van der Waals surface area contributed by atoms with Crippen LogP contribution in [0.5, 0.6) is 0 Å². The lowest BCUT2D eigenvalue weighted by Crippen LogP contribution is -2.56. The second-order valence-corrected chi connectivity index (χ2v) is 6.55. The fourth-order valence-corrected chi connectivity index (χ4v) is 2.50. The highest BCUT2D eigenvalue weighted by molar-refractivity contribution is 5.92. The lowest BCUT2D eigenvalue weighted by Gasteiger charge is -2.29. The first-order chi connectivity index (χ1) is 10.7. The molecule has 1 atom stereocenters. The lowest BCUT2D eigenvalue weighted by atomic mass is 9.89. The third-order valence-electron chi connectivity index (χ3n) is 3.46. The monoisotopic (exact) mass is 316 g/mol. The predicted octanol–water partition coefficient (Wildman–Crippen LogP) is 1.28. The van der Waals surface area contributed by atoms with Crippen LogP contribution in [0.2, 0.25) is 0 Å². The van der Waals surface area contributed by atoms with Crippen molar-refractivity contribution in [1.29, 1.82) is 5.26 Å². The van der Waals surface area contributed by atoms with Gasteiger partial charge in [0.1, 0.15) is 22.9 Å². The Balaban J connectivity index is 2.21. The predicted molar refractivity (Wildman–Crippen MR) is 82.4 cm³/mol. The first kappa shape index (κ1) is 16.7. The molecule has 2 rings (SSSR count). The highest BCUT2D eigenvalue weighted by atomic mass is 16.6. The summed E-state index contributed by atoms with van der Waals surface area (Å²) in [5.41, 5.74) is -0.695. The van der Waals surface area contributed by atoms with Crippen molar-refractivity contribution in [2.45, 2.75) is 44.8 Å². The molecule has 122 valence electrons. The zero-order valence-corrected chi connectivity index (χ0v) is 13.5. The molecule has 0 saturated carbocycles. The minimum absolute atomic E-state index is 0.251. The van der Waals surface area contributed by atoms with Crippen molar-refractivity contribution < 1.29 is 14.3 Å². The SMILES string of the molecule is CC(C)(C)OC(=O)N[C@@]1(Cc2ccnc(C#N)c2)CCNC1=O. The summed E-state index contributed by atoms with van der Waals surface area (Å²) in [6.45, 7) is 5.76. The molecule has 2 heterocycles. The molecular weight excluding hydrogens is 296 g/mol. The molecule has 0 aromatic carbocycles. The number of hydrogen-bond acceptors (Lipinski definition) is 5. The van der Waals surface area contributed by atoms with Crippen LogP contribution in [-0.4, -0.2) is 34.7 Å². The number of pyridine rings is 1. The van der Waals surface area contributed by atoms with Crippen molar-refractivity contribution in [1.82, 2.24) is 15.6 Å². The molecule has 1 aliphatic heterocycles. The van der Waals surface area contributed by atoms with Crippen LogP contribution in [0.1, 0.15) is 38.4 Å². The van der Waals surface area contributed by atoms with Crippen molar-refractivity contribution >= 4 is 12.0 Å². The summed E-state index contributed by atoms with van der Waals surface area (Å²) in [5.74, 6) is -0.251. The van der Waals surface area contributed by atoms with E-state index in [1.807, 2.05) is 6.07 Å². The lowest BCUT2D eigenvalue weighted by molar-refractivity contribution is -0.124. The van der Waals surface area contributed by atoms with Gasteiger partial charge >= 0.3 is 6.09 Å². The molecule has 0 unspecified atom stereocenters. The van der Waals surface area contributed by atoms with Crippen LogP contribution < -0.4 is 10.6 Å². The smallest absolute Gasteiger partial charge is 0.408 e. The number of nitrogens with zero attached hydrogens (tertiary/aromatic N) is 2. The van der Waals surface area contributed by atoms with Crippen LogP contribution in [0.15, 0.2) is 18.3 Å². The van der Waals surface area contributed by atoms with E-state index in [1.54, 1.807) is 32.9 Å². The van der Waals surface area contributed by atoms with E-state index in [9.17, 15) is 9.59 Å². The fourth-order valence-electron chi connectivity index (χ4n) is 2.50. The second kappa shape index (κ2) is 6.24. The topological polar surface area (TPSA) is 104 Å². The highest BCUT2D eigenvalue weighted by Crippen LogP contribution is 2.23. The van der Waals surface area contributed by atoms with Gasteiger partial charge in [-0.3, -0.25) is 4.79 Å². The van der Waals surface area contributed by atoms with Gasteiger partial charge in [-0.1, -0.05) is 0 Å². The second-order valence-electron chi connectivity index (χ2n) is 6.55. The summed E-state index contributed by atoms with van der Waals surface area (Å²) < 4.78 is 5.26. The normalized spacial score (nSPS) is 20.5. The average molecular weight is 316 g/mol. The summed E-state index contributed by atoms with van der Waals surface area (Å²) in [6, 6.07) is 5.31. The minimum Gasteiger partial charge on any atom is -0.444 e. The Labute approximate surface area is 135 Å². The number of ether oxygens (including phenoxy) is 1. The molecule has 1 aromatic rings. The molecule has 2 N–H and O–H groups in total. The maximum Gasteiger partial charge on any atom is 0.408 e. The Bertz CT molecular complexity index is 660. The highest BCUT2D eigenvalue weighted by Gasteiger charge is 2.44. The number of aromatic nitrogens is 1. The van der Waals surface area contributed by atoms with Crippen LogP contribution in [0, 0.1) is 11.3 Å². The van der Waals surface area contributed by atoms with E-state index in [2.05, 4.69) is 15.6 Å². The summed E-state index contributed by atoms with van der Waals surface area (Å²) in [5, 5.41) is 14.4. The van der Waals surface area contributed by atoms with E-state index in [0.717, 1.165) is 5.56 Å². The van der Waals surface area contributed by atoms with E-state index in [4.69, 9.17) is 10.00 Å². The van der Waals surface area contributed by atoms with Crippen LogP contribution in [0.4, 0.5) is 4.79 Å². The number of nitriles is 1. The van der Waals surface area contributed by atoms with E-state index < -0.39 is 17.2 Å². The van der Waals surface area contributed by atoms with Crippen molar-refractivity contribution in [2.75, 3.05) is 6.54 Å². The molecule has 1 aliphatic rings. The number of alkyl carbamates (subject to hydrolysis) is 1. The molecule has 23 heavy (non-hydrogen) atoms. The van der Waals surface area contributed by atoms with Crippen molar-refractivity contribution in [3.8, 4) is 6.07 Å². The Morgan fingerprint density at radius 3 is 2.87 bits per heavy atom. The Morgan fingerprint density at radius 2 is 2.30 bits per heavy atom. The number of hydrogen-bond donors (Lipinski definition) is 2. The third-order valence-corrected chi connectivity index (χ3v) is 3.46. The van der Waals surface area contributed by atoms with Crippen LogP contribution in [-0.2, 0) is 16.0 Å². The summed E-state index contributed by atoms with van der Waals surface area (Å²) in [4.78, 5) is 28.3. The van der Waals surface area contributed by atoms with Crippen molar-refractivity contribution in [3.05, 3.63) is 29.6 Å². The molecule has 1 aromatic heterocycles. The van der Waals surface area contributed by atoms with Gasteiger partial charge in [-0.25, -0.2) is 9.78 Å². The molecule has 2 amide bonds. The zero-order valence-electron chi connectivity index (χ0n) is 13.5. The van der Waals surface area contributed by atoms with Gasteiger partial charge in [-0.15, -0.1) is 0 Å². The molecule has 7 heteroatoms. The van der Waals surface area contributed by atoms with Crippen molar-refractivity contribution in [2.24, 2.45) is 0 Å². The number of nitrogens with one attached hydrogen (secondary N) is 2. The van der Waals surface area contributed by atoms with Crippen LogP contribution in [0.25, 0.3) is 0 Å². The van der Waals surface area contributed by atoms with E-state index >= 15 is 0 Å². The van der Waals surface area contributed by atoms with E-state index in [-0.39, 0.29) is 18.0 Å². The first-order valence-electron chi connectivity index (χ1n) is 7.39. The van der Waals surface area contributed by atoms with Gasteiger partial charge in [0, 0.05) is 19.2 Å². The van der Waals surface area contributed by atoms with Gasteiger partial charge in [0.2, 0.25) is 5.91 Å². The standard InChI is InChI=1S/C16H20N4O3/c1-15(2,3)23-14(22)20-16(5-7-19-13(16)21)9-11-4-6-18-12(8-11)10-17/h4,6,8H,5,7,9H2,1-3H3,(H,19,21)(H,20,22)/t16-/m1/s1. The van der Waals surface area contributed by atoms with E-state index in [1.165, 1.54) is 6.20 Å². The Hall–Kier alpha value is -2.62. The zero-order chi connectivity index (χ0) is 17.1. The van der Waals surface area contributed by atoms with Gasteiger partial charge in [0.05, 0.1) is 0 Å². The molecule has 0 aliphatic carbocycles. The summed E-state index contributed by atoms with van der Waals surface area (Å²) >= 11 is 0. The molecule has 7 nitrogen and oxygen atoms in total. The third kappa shape index (κ3) is 4.19.